The van der Waals surface area contributed by atoms with Crippen molar-refractivity contribution in [2.24, 2.45) is 5.92 Å². The van der Waals surface area contributed by atoms with E-state index in [2.05, 4.69) is 154 Å². The van der Waals surface area contributed by atoms with E-state index in [1.807, 2.05) is 12.1 Å². The fourth-order valence-electron chi connectivity index (χ4n) is 8.78. The number of rotatable bonds is 15. The highest BCUT2D eigenvalue weighted by atomic mass is 16.3. The van der Waals surface area contributed by atoms with Crippen LogP contribution >= 0.6 is 0 Å². The molecule has 0 saturated heterocycles. The largest absolute Gasteiger partial charge is 0.506 e. The van der Waals surface area contributed by atoms with E-state index in [4.69, 9.17) is 0 Å². The molecule has 0 aromatic heterocycles. The van der Waals surface area contributed by atoms with Crippen LogP contribution in [0.2, 0.25) is 0 Å². The van der Waals surface area contributed by atoms with Gasteiger partial charge >= 0.3 is 0 Å². The first-order valence-corrected chi connectivity index (χ1v) is 21.8. The Labute approximate surface area is 366 Å². The molecule has 6 nitrogen and oxygen atoms in total. The molecule has 0 amide bonds. The lowest BCUT2D eigenvalue weighted by atomic mass is 9.86. The number of phenols is 4. The number of aryl methyl sites for hydroxylation is 1. The van der Waals surface area contributed by atoms with E-state index in [9.17, 15) is 20.4 Å². The Balaban J connectivity index is 1.04. The molecule has 6 heteroatoms. The van der Waals surface area contributed by atoms with Gasteiger partial charge in [0.2, 0.25) is 5.75 Å². The molecule has 3 atom stereocenters. The third-order valence-corrected chi connectivity index (χ3v) is 12.8. The van der Waals surface area contributed by atoms with Crippen molar-refractivity contribution >= 4 is 22.9 Å². The minimum absolute atomic E-state index is 0.0392. The third-order valence-electron chi connectivity index (χ3n) is 12.8. The molecule has 0 bridgehead atoms. The van der Waals surface area contributed by atoms with Crippen LogP contribution in [0.4, 0.5) is 0 Å². The Kier molecular flexibility index (Phi) is 12.2. The SMILES string of the molecule is C=Cc1c(O)c(O)c(O)c(-c2ccc(C3=CC=C(c4ccc(-c5cc(C(=C)NC(NC(c6ccccc6)C(C)CC)c6ccccc6)ccc5C)c(C5CC5)c4)CC3)cc2)c1O. The fraction of sp³-hybridized carbons (Fsp3) is 0.214. The minimum atomic E-state index is -0.694. The summed E-state index contributed by atoms with van der Waals surface area (Å²) in [6.07, 6.45) is 10.7. The highest BCUT2D eigenvalue weighted by molar-refractivity contribution is 5.88. The number of hydrogen-bond donors (Lipinski definition) is 6. The predicted molar refractivity (Wildman–Crippen MR) is 256 cm³/mol. The van der Waals surface area contributed by atoms with Crippen LogP contribution in [0.3, 0.4) is 0 Å². The highest BCUT2D eigenvalue weighted by Crippen LogP contribution is 2.52. The summed E-state index contributed by atoms with van der Waals surface area (Å²) >= 11 is 0. The van der Waals surface area contributed by atoms with Gasteiger partial charge in [-0.3, -0.25) is 5.32 Å². The van der Waals surface area contributed by atoms with Gasteiger partial charge in [0.05, 0.1) is 11.1 Å². The maximum absolute atomic E-state index is 10.8. The van der Waals surface area contributed by atoms with Gasteiger partial charge < -0.3 is 25.7 Å². The molecular weight excluding hydrogens is 765 g/mol. The van der Waals surface area contributed by atoms with E-state index in [1.54, 1.807) is 12.1 Å². The van der Waals surface area contributed by atoms with Crippen molar-refractivity contribution in [3.8, 4) is 45.3 Å². The van der Waals surface area contributed by atoms with Crippen LogP contribution in [0.25, 0.3) is 45.2 Å². The lowest BCUT2D eigenvalue weighted by Gasteiger charge is -2.32. The standard InChI is InChI=1S/C56H56N2O4/c1-6-34(3)51(42-14-10-8-11-15-42)58-56(43-16-12-9-13-17-43)57-36(5)44-19-18-35(4)48(32-44)47-31-30-45(33-49(47)40-26-27-40)39-22-20-37(21-23-39)38-24-28-41(29-25-38)50-52(59)46(7-2)53(60)55(62)54(50)61/h7-20,22,24-25,28-34,40,51,56-62H,2,5-6,21,23,26-27H2,1,3-4H3. The van der Waals surface area contributed by atoms with E-state index in [0.29, 0.717) is 17.4 Å². The summed E-state index contributed by atoms with van der Waals surface area (Å²) in [5.41, 5.74) is 14.8. The second-order valence-corrected chi connectivity index (χ2v) is 16.9. The smallest absolute Gasteiger partial charge is 0.201 e. The Morgan fingerprint density at radius 3 is 1.92 bits per heavy atom. The quantitative estimate of drug-likeness (QED) is 0.0350. The molecule has 0 spiro atoms. The van der Waals surface area contributed by atoms with Crippen molar-refractivity contribution in [1.82, 2.24) is 10.6 Å². The summed E-state index contributed by atoms with van der Waals surface area (Å²) in [6, 6.07) is 42.7. The number of benzene rings is 6. The molecule has 6 aromatic rings. The van der Waals surface area contributed by atoms with Gasteiger partial charge in [-0.1, -0.05) is 167 Å². The van der Waals surface area contributed by atoms with Gasteiger partial charge in [0, 0.05) is 11.7 Å². The number of aromatic hydroxyl groups is 4. The molecule has 3 unspecified atom stereocenters. The van der Waals surface area contributed by atoms with Gasteiger partial charge in [0.15, 0.2) is 11.5 Å². The van der Waals surface area contributed by atoms with Crippen molar-refractivity contribution in [3.05, 3.63) is 191 Å². The number of hydrogen-bond acceptors (Lipinski definition) is 6. The summed E-state index contributed by atoms with van der Waals surface area (Å²) in [5, 5.41) is 49.6. The summed E-state index contributed by atoms with van der Waals surface area (Å²) in [4.78, 5) is 0. The average Bonchev–Trinajstić information content (AvgIpc) is 4.16. The summed E-state index contributed by atoms with van der Waals surface area (Å²) in [7, 11) is 0. The first kappa shape index (κ1) is 42.0. The van der Waals surface area contributed by atoms with Crippen LogP contribution < -0.4 is 10.6 Å². The van der Waals surface area contributed by atoms with E-state index in [0.717, 1.165) is 41.6 Å². The van der Waals surface area contributed by atoms with Crippen LogP contribution in [0.15, 0.2) is 147 Å². The highest BCUT2D eigenvalue weighted by Gasteiger charge is 2.29. The average molecular weight is 821 g/mol. The van der Waals surface area contributed by atoms with E-state index < -0.39 is 17.2 Å². The third kappa shape index (κ3) is 8.57. The van der Waals surface area contributed by atoms with Gasteiger partial charge in [-0.15, -0.1) is 0 Å². The monoisotopic (exact) mass is 820 g/mol. The lowest BCUT2D eigenvalue weighted by molar-refractivity contribution is 0.325. The van der Waals surface area contributed by atoms with Crippen molar-refractivity contribution in [2.75, 3.05) is 0 Å². The van der Waals surface area contributed by atoms with Gasteiger partial charge in [-0.25, -0.2) is 0 Å². The zero-order chi connectivity index (χ0) is 43.5. The summed E-state index contributed by atoms with van der Waals surface area (Å²) in [6.45, 7) is 15.0. The summed E-state index contributed by atoms with van der Waals surface area (Å²) in [5.74, 6) is -1.27. The van der Waals surface area contributed by atoms with Crippen LogP contribution in [0, 0.1) is 12.8 Å². The fourth-order valence-corrected chi connectivity index (χ4v) is 8.78. The molecule has 0 radical (unpaired) electrons. The molecule has 314 valence electrons. The molecule has 1 saturated carbocycles. The van der Waals surface area contributed by atoms with E-state index in [1.165, 1.54) is 63.4 Å². The second kappa shape index (κ2) is 18.1. The molecule has 8 rings (SSSR count). The molecule has 0 heterocycles. The zero-order valence-corrected chi connectivity index (χ0v) is 35.8. The summed E-state index contributed by atoms with van der Waals surface area (Å²) < 4.78 is 0. The molecule has 1 fully saturated rings. The predicted octanol–water partition coefficient (Wildman–Crippen LogP) is 13.6. The van der Waals surface area contributed by atoms with Crippen molar-refractivity contribution < 1.29 is 20.4 Å². The zero-order valence-electron chi connectivity index (χ0n) is 35.8. The topological polar surface area (TPSA) is 105 Å². The van der Waals surface area contributed by atoms with Crippen molar-refractivity contribution in [3.63, 3.8) is 0 Å². The first-order chi connectivity index (χ1) is 30.1. The van der Waals surface area contributed by atoms with Crippen LogP contribution in [-0.4, -0.2) is 20.4 Å². The molecule has 6 aromatic carbocycles. The van der Waals surface area contributed by atoms with Gasteiger partial charge in [0.25, 0.3) is 0 Å². The van der Waals surface area contributed by atoms with E-state index in [-0.39, 0.29) is 29.1 Å². The molecular formula is C56H56N2O4. The lowest BCUT2D eigenvalue weighted by Crippen LogP contribution is -2.38. The minimum Gasteiger partial charge on any atom is -0.506 e. The molecule has 0 aliphatic heterocycles. The Morgan fingerprint density at radius 2 is 1.31 bits per heavy atom. The Bertz CT molecular complexity index is 2680. The molecule has 2 aliphatic carbocycles. The van der Waals surface area contributed by atoms with Gasteiger partial charge in [0.1, 0.15) is 11.9 Å². The van der Waals surface area contributed by atoms with Crippen molar-refractivity contribution in [2.45, 2.75) is 71.0 Å². The molecule has 62 heavy (non-hydrogen) atoms. The van der Waals surface area contributed by atoms with Crippen LogP contribution in [0.1, 0.15) is 109 Å². The van der Waals surface area contributed by atoms with Gasteiger partial charge in [-0.2, -0.15) is 0 Å². The Hall–Kier alpha value is -6.76. The maximum atomic E-state index is 10.8. The molecule has 2 aliphatic rings. The Morgan fingerprint density at radius 1 is 0.694 bits per heavy atom. The number of nitrogens with one attached hydrogen (secondary N) is 2. The first-order valence-electron chi connectivity index (χ1n) is 21.8. The maximum Gasteiger partial charge on any atom is 0.201 e. The van der Waals surface area contributed by atoms with Gasteiger partial charge in [-0.05, 0) is 117 Å². The number of allylic oxidation sites excluding steroid dienone is 4. The normalized spacial score (nSPS) is 15.2. The van der Waals surface area contributed by atoms with Crippen molar-refractivity contribution in [1.29, 1.82) is 0 Å². The van der Waals surface area contributed by atoms with Crippen LogP contribution in [-0.2, 0) is 0 Å². The van der Waals surface area contributed by atoms with E-state index >= 15 is 0 Å². The number of phenolic OH excluding ortho intramolecular Hbond substituents is 4. The molecule has 6 N–H and O–H groups in total. The second-order valence-electron chi connectivity index (χ2n) is 16.9. The van der Waals surface area contributed by atoms with Crippen LogP contribution in [0.5, 0.6) is 23.0 Å².